The summed E-state index contributed by atoms with van der Waals surface area (Å²) in [6.45, 7) is 7.54. The molecule has 0 unspecified atom stereocenters. The second-order valence-electron chi connectivity index (χ2n) is 4.75. The number of nitrogen functional groups attached to an aromatic ring is 1. The van der Waals surface area contributed by atoms with E-state index in [1.165, 1.54) is 0 Å². The molecule has 0 radical (unpaired) electrons. The Balaban J connectivity index is 2.51. The van der Waals surface area contributed by atoms with Gasteiger partial charge < -0.3 is 10.5 Å². The van der Waals surface area contributed by atoms with Crippen LogP contribution >= 0.6 is 0 Å². The van der Waals surface area contributed by atoms with Gasteiger partial charge in [-0.25, -0.2) is 14.8 Å². The van der Waals surface area contributed by atoms with E-state index in [2.05, 4.69) is 15.0 Å². The number of aromatic nitrogens is 3. The van der Waals surface area contributed by atoms with Crippen molar-refractivity contribution in [2.75, 3.05) is 12.3 Å². The van der Waals surface area contributed by atoms with Crippen molar-refractivity contribution in [2.24, 2.45) is 0 Å². The third-order valence-corrected chi connectivity index (χ3v) is 2.94. The highest BCUT2D eigenvalue weighted by Crippen LogP contribution is 2.22. The molecule has 2 N–H and O–H groups in total. The van der Waals surface area contributed by atoms with E-state index in [1.807, 2.05) is 26.0 Å². The summed E-state index contributed by atoms with van der Waals surface area (Å²) >= 11 is 0. The van der Waals surface area contributed by atoms with E-state index < -0.39 is 5.97 Å². The number of ether oxygens (including phenoxy) is 1. The molecule has 110 valence electrons. The lowest BCUT2D eigenvalue weighted by molar-refractivity contribution is 0.0526. The monoisotopic (exact) mass is 286 g/mol. The van der Waals surface area contributed by atoms with Crippen LogP contribution in [0, 0.1) is 20.8 Å². The van der Waals surface area contributed by atoms with Gasteiger partial charge in [-0.15, -0.1) is 0 Å². The molecule has 2 heterocycles. The third kappa shape index (κ3) is 3.16. The molecule has 0 atom stereocenters. The van der Waals surface area contributed by atoms with Crippen LogP contribution in [0.4, 0.5) is 5.82 Å². The summed E-state index contributed by atoms with van der Waals surface area (Å²) in [7, 11) is 0. The van der Waals surface area contributed by atoms with Crippen molar-refractivity contribution in [1.29, 1.82) is 0 Å². The van der Waals surface area contributed by atoms with Crippen LogP contribution in [0.2, 0.25) is 0 Å². The van der Waals surface area contributed by atoms with Crippen molar-refractivity contribution >= 4 is 11.8 Å². The Morgan fingerprint density at radius 3 is 2.29 bits per heavy atom. The van der Waals surface area contributed by atoms with Gasteiger partial charge >= 0.3 is 5.97 Å². The Kier molecular flexibility index (Phi) is 4.16. The lowest BCUT2D eigenvalue weighted by Crippen LogP contribution is -2.13. The van der Waals surface area contributed by atoms with Crippen molar-refractivity contribution < 1.29 is 9.53 Å². The Morgan fingerprint density at radius 2 is 1.76 bits per heavy atom. The van der Waals surface area contributed by atoms with Gasteiger partial charge in [0.15, 0.2) is 5.82 Å². The molecule has 6 heteroatoms. The number of carbonyl (C=O) groups is 1. The highest BCUT2D eigenvalue weighted by atomic mass is 16.5. The molecule has 0 bridgehead atoms. The van der Waals surface area contributed by atoms with Gasteiger partial charge in [-0.05, 0) is 39.8 Å². The van der Waals surface area contributed by atoms with Gasteiger partial charge in [-0.1, -0.05) is 0 Å². The molecule has 0 aromatic carbocycles. The minimum absolute atomic E-state index is 0.128. The van der Waals surface area contributed by atoms with E-state index in [-0.39, 0.29) is 18.0 Å². The fourth-order valence-corrected chi connectivity index (χ4v) is 2.14. The van der Waals surface area contributed by atoms with Gasteiger partial charge in [0, 0.05) is 17.0 Å². The van der Waals surface area contributed by atoms with Crippen molar-refractivity contribution in [3.8, 4) is 11.4 Å². The fraction of sp³-hybridized carbons (Fsp3) is 0.333. The minimum atomic E-state index is -0.499. The van der Waals surface area contributed by atoms with Crippen LogP contribution in [0.3, 0.4) is 0 Å². The summed E-state index contributed by atoms with van der Waals surface area (Å²) in [5.74, 6) is 0.107. The van der Waals surface area contributed by atoms with E-state index in [1.54, 1.807) is 13.8 Å². The molecule has 0 aliphatic heterocycles. The topological polar surface area (TPSA) is 91.0 Å². The normalized spacial score (nSPS) is 10.5. The first-order valence-electron chi connectivity index (χ1n) is 6.69. The standard InChI is InChI=1S/C15H18N4O2/c1-5-21-15(20)12-10(4)18-14(19-13(12)16)11-6-8(2)17-9(3)7-11/h6-7H,5H2,1-4H3,(H2,16,18,19). The summed E-state index contributed by atoms with van der Waals surface area (Å²) in [4.78, 5) is 24.8. The quantitative estimate of drug-likeness (QED) is 0.870. The Hall–Kier alpha value is -2.50. The Bertz CT molecular complexity index is 655. The van der Waals surface area contributed by atoms with E-state index in [0.717, 1.165) is 17.0 Å². The number of rotatable bonds is 3. The maximum Gasteiger partial charge on any atom is 0.343 e. The van der Waals surface area contributed by atoms with Crippen LogP contribution in [0.1, 0.15) is 34.4 Å². The van der Waals surface area contributed by atoms with Crippen LogP contribution in [-0.4, -0.2) is 27.5 Å². The predicted octanol–water partition coefficient (Wildman–Crippen LogP) is 2.22. The number of hydrogen-bond acceptors (Lipinski definition) is 6. The molecule has 2 aromatic rings. The number of anilines is 1. The van der Waals surface area contributed by atoms with Gasteiger partial charge in [0.25, 0.3) is 0 Å². The average Bonchev–Trinajstić information content (AvgIpc) is 2.36. The number of hydrogen-bond donors (Lipinski definition) is 1. The summed E-state index contributed by atoms with van der Waals surface area (Å²) in [5.41, 5.74) is 9.20. The molecule has 21 heavy (non-hydrogen) atoms. The molecule has 0 saturated carbocycles. The SMILES string of the molecule is CCOC(=O)c1c(C)nc(-c2cc(C)nc(C)c2)nc1N. The first-order valence-corrected chi connectivity index (χ1v) is 6.69. The molecule has 0 fully saturated rings. The zero-order valence-electron chi connectivity index (χ0n) is 12.6. The first-order chi connectivity index (χ1) is 9.92. The molecule has 2 rings (SSSR count). The molecule has 6 nitrogen and oxygen atoms in total. The highest BCUT2D eigenvalue weighted by Gasteiger charge is 2.18. The lowest BCUT2D eigenvalue weighted by atomic mass is 10.1. The second kappa shape index (κ2) is 5.87. The first kappa shape index (κ1) is 14.9. The maximum absolute atomic E-state index is 11.9. The van der Waals surface area contributed by atoms with Crippen LogP contribution in [0.15, 0.2) is 12.1 Å². The smallest absolute Gasteiger partial charge is 0.343 e. The highest BCUT2D eigenvalue weighted by molar-refractivity contribution is 5.95. The van der Waals surface area contributed by atoms with E-state index in [0.29, 0.717) is 11.5 Å². The molecule has 0 aliphatic rings. The summed E-state index contributed by atoms with van der Waals surface area (Å²) in [6, 6.07) is 3.76. The lowest BCUT2D eigenvalue weighted by Gasteiger charge is -2.10. The third-order valence-electron chi connectivity index (χ3n) is 2.94. The Labute approximate surface area is 123 Å². The molecule has 0 aliphatic carbocycles. The number of nitrogens with zero attached hydrogens (tertiary/aromatic N) is 3. The second-order valence-corrected chi connectivity index (χ2v) is 4.75. The zero-order valence-corrected chi connectivity index (χ0v) is 12.6. The number of esters is 1. The van der Waals surface area contributed by atoms with Gasteiger partial charge in [0.05, 0.1) is 12.3 Å². The summed E-state index contributed by atoms with van der Waals surface area (Å²) < 4.78 is 4.96. The van der Waals surface area contributed by atoms with Crippen molar-refractivity contribution in [2.45, 2.75) is 27.7 Å². The van der Waals surface area contributed by atoms with Gasteiger partial charge in [0.2, 0.25) is 0 Å². The summed E-state index contributed by atoms with van der Waals surface area (Å²) in [5, 5.41) is 0. The maximum atomic E-state index is 11.9. The van der Waals surface area contributed by atoms with Crippen LogP contribution in [0.5, 0.6) is 0 Å². The van der Waals surface area contributed by atoms with E-state index in [4.69, 9.17) is 10.5 Å². The number of carbonyl (C=O) groups excluding carboxylic acids is 1. The van der Waals surface area contributed by atoms with Crippen molar-refractivity contribution in [1.82, 2.24) is 15.0 Å². The molecule has 0 saturated heterocycles. The average molecular weight is 286 g/mol. The Morgan fingerprint density at radius 1 is 1.14 bits per heavy atom. The van der Waals surface area contributed by atoms with Crippen LogP contribution < -0.4 is 5.73 Å². The number of nitrogens with two attached hydrogens (primary N) is 1. The van der Waals surface area contributed by atoms with Crippen LogP contribution in [-0.2, 0) is 4.74 Å². The van der Waals surface area contributed by atoms with Crippen molar-refractivity contribution in [3.63, 3.8) is 0 Å². The number of pyridine rings is 1. The molecule has 0 spiro atoms. The van der Waals surface area contributed by atoms with Crippen LogP contribution in [0.25, 0.3) is 11.4 Å². The predicted molar refractivity (Wildman–Crippen MR) is 79.8 cm³/mol. The largest absolute Gasteiger partial charge is 0.462 e. The van der Waals surface area contributed by atoms with Crippen molar-refractivity contribution in [3.05, 3.63) is 34.8 Å². The molecular weight excluding hydrogens is 268 g/mol. The van der Waals surface area contributed by atoms with Gasteiger partial charge in [-0.3, -0.25) is 4.98 Å². The molecule has 2 aromatic heterocycles. The summed E-state index contributed by atoms with van der Waals surface area (Å²) in [6.07, 6.45) is 0. The number of aryl methyl sites for hydroxylation is 3. The molecular formula is C15H18N4O2. The fourth-order valence-electron chi connectivity index (χ4n) is 2.14. The van der Waals surface area contributed by atoms with Gasteiger partial charge in [-0.2, -0.15) is 0 Å². The minimum Gasteiger partial charge on any atom is -0.462 e. The molecule has 0 amide bonds. The van der Waals surface area contributed by atoms with E-state index in [9.17, 15) is 4.79 Å². The van der Waals surface area contributed by atoms with Gasteiger partial charge in [0.1, 0.15) is 11.4 Å². The zero-order chi connectivity index (χ0) is 15.6. The van der Waals surface area contributed by atoms with E-state index >= 15 is 0 Å².